The van der Waals surface area contributed by atoms with E-state index in [0.717, 1.165) is 0 Å². The Morgan fingerprint density at radius 1 is 1.20 bits per heavy atom. The van der Waals surface area contributed by atoms with Gasteiger partial charge in [-0.2, -0.15) is 0 Å². The van der Waals surface area contributed by atoms with Crippen molar-refractivity contribution in [3.63, 3.8) is 0 Å². The third kappa shape index (κ3) is 4.29. The number of nitrogens with one attached hydrogen (secondary N) is 1. The number of carbonyl (C=O) groups is 3. The number of halogens is 2. The summed E-state index contributed by atoms with van der Waals surface area (Å²) < 4.78 is 6.79. The van der Waals surface area contributed by atoms with E-state index in [4.69, 9.17) is 27.9 Å². The topological polar surface area (TPSA) is 93.5 Å². The molecule has 30 heavy (non-hydrogen) atoms. The number of nitrogens with zero attached hydrogens (tertiary/aromatic N) is 3. The summed E-state index contributed by atoms with van der Waals surface area (Å²) >= 11 is 12.1. The molecule has 0 unspecified atom stereocenters. The Kier molecular flexibility index (Phi) is 5.84. The van der Waals surface area contributed by atoms with Gasteiger partial charge in [0.05, 0.1) is 11.9 Å². The molecule has 0 fully saturated rings. The average molecular weight is 453 g/mol. The maximum atomic E-state index is 12.9. The number of anilines is 2. The highest BCUT2D eigenvalue weighted by Crippen LogP contribution is 2.38. The fourth-order valence-corrected chi connectivity index (χ4v) is 3.61. The molecule has 1 N–H and O–H groups in total. The van der Waals surface area contributed by atoms with Crippen LogP contribution in [-0.2, 0) is 14.3 Å². The zero-order chi connectivity index (χ0) is 22.4. The Morgan fingerprint density at radius 2 is 1.80 bits per heavy atom. The molecule has 2 aromatic rings. The van der Waals surface area contributed by atoms with Crippen molar-refractivity contribution in [3.8, 4) is 0 Å². The van der Waals surface area contributed by atoms with Crippen LogP contribution < -0.4 is 10.2 Å². The van der Waals surface area contributed by atoms with Crippen molar-refractivity contribution in [2.24, 2.45) is 0 Å². The Hall–Kier alpha value is -2.58. The third-order valence-electron chi connectivity index (χ3n) is 4.39. The Bertz CT molecular complexity index is 1010. The molecule has 1 aliphatic rings. The van der Waals surface area contributed by atoms with Crippen molar-refractivity contribution in [1.29, 1.82) is 0 Å². The summed E-state index contributed by atoms with van der Waals surface area (Å²) in [6.45, 7) is 8.42. The van der Waals surface area contributed by atoms with Crippen LogP contribution in [0.5, 0.6) is 0 Å². The predicted octanol–water partition coefficient (Wildman–Crippen LogP) is 3.89. The van der Waals surface area contributed by atoms with Crippen LogP contribution in [0.1, 0.15) is 51.1 Å². The number of amides is 2. The molecule has 160 valence electrons. The van der Waals surface area contributed by atoms with E-state index in [1.54, 1.807) is 45.9 Å². The van der Waals surface area contributed by atoms with Crippen molar-refractivity contribution in [1.82, 2.24) is 14.9 Å². The molecule has 1 aromatic heterocycles. The van der Waals surface area contributed by atoms with Crippen molar-refractivity contribution in [3.05, 3.63) is 40.1 Å². The number of aromatic nitrogens is 2. The van der Waals surface area contributed by atoms with Crippen LogP contribution in [0.3, 0.4) is 0 Å². The van der Waals surface area contributed by atoms with Gasteiger partial charge in [-0.05, 0) is 52.8 Å². The molecule has 0 spiro atoms. The maximum Gasteiger partial charge on any atom is 0.328 e. The van der Waals surface area contributed by atoms with Gasteiger partial charge >= 0.3 is 5.97 Å². The van der Waals surface area contributed by atoms with Gasteiger partial charge < -0.3 is 10.1 Å². The second-order valence-electron chi connectivity index (χ2n) is 8.02. The first-order valence-electron chi connectivity index (χ1n) is 9.30. The number of carbonyl (C=O) groups excluding carboxylic acids is 3. The molecule has 3 rings (SSSR count). The lowest BCUT2D eigenvalue weighted by Gasteiger charge is -2.22. The molecule has 0 aliphatic carbocycles. The number of imidazole rings is 1. The highest BCUT2D eigenvalue weighted by atomic mass is 35.5. The second-order valence-corrected chi connectivity index (χ2v) is 8.89. The lowest BCUT2D eigenvalue weighted by Crippen LogP contribution is -2.42. The molecule has 2 amide bonds. The van der Waals surface area contributed by atoms with Gasteiger partial charge in [0.15, 0.2) is 0 Å². The molecule has 0 saturated heterocycles. The normalized spacial score (nSPS) is 17.0. The van der Waals surface area contributed by atoms with Gasteiger partial charge in [-0.25, -0.2) is 14.7 Å². The minimum atomic E-state index is -0.877. The predicted molar refractivity (Wildman–Crippen MR) is 113 cm³/mol. The molecular formula is C20H22Cl2N4O4. The number of hydrogen-bond donors (Lipinski definition) is 1. The minimum Gasteiger partial charge on any atom is -0.458 e. The Balaban J connectivity index is 1.88. The van der Waals surface area contributed by atoms with Crippen molar-refractivity contribution in [2.75, 3.05) is 4.90 Å². The van der Waals surface area contributed by atoms with Gasteiger partial charge in [0, 0.05) is 10.0 Å². The van der Waals surface area contributed by atoms with E-state index < -0.39 is 29.6 Å². The second kappa shape index (κ2) is 7.92. The standard InChI is InChI=1S/C20H22Cl2N4O4/c1-10(18(29)30-20(3,4)5)24-16(27)15-9-23-19-25(15)11(2)17(28)26(19)14-7-12(21)6-13(22)8-14/h6-11H,1-5H3,(H,24,27)/t10-,11-/m0/s1. The number of hydrogen-bond acceptors (Lipinski definition) is 5. The molecule has 0 bridgehead atoms. The third-order valence-corrected chi connectivity index (χ3v) is 4.82. The fraction of sp³-hybridized carbons (Fsp3) is 0.400. The summed E-state index contributed by atoms with van der Waals surface area (Å²) in [5, 5.41) is 3.33. The first-order valence-corrected chi connectivity index (χ1v) is 10.1. The molecule has 8 nitrogen and oxygen atoms in total. The summed E-state index contributed by atoms with van der Waals surface area (Å²) in [6.07, 6.45) is 1.36. The first-order chi connectivity index (χ1) is 13.9. The van der Waals surface area contributed by atoms with Gasteiger partial charge in [-0.3, -0.25) is 14.2 Å². The molecule has 0 saturated carbocycles. The first kappa shape index (κ1) is 22.1. The molecule has 0 radical (unpaired) electrons. The molecular weight excluding hydrogens is 431 g/mol. The largest absolute Gasteiger partial charge is 0.458 e. The SMILES string of the molecule is C[C@H](NC(=O)c1cnc2n1[C@@H](C)C(=O)N2c1cc(Cl)cc(Cl)c1)C(=O)OC(C)(C)C. The Labute approximate surface area is 184 Å². The lowest BCUT2D eigenvalue weighted by molar-refractivity contribution is -0.156. The van der Waals surface area contributed by atoms with Crippen LogP contribution >= 0.6 is 23.2 Å². The summed E-state index contributed by atoms with van der Waals surface area (Å²) in [6, 6.07) is 3.18. The van der Waals surface area contributed by atoms with Crippen LogP contribution in [0.2, 0.25) is 10.0 Å². The van der Waals surface area contributed by atoms with E-state index in [0.29, 0.717) is 15.7 Å². The summed E-state index contributed by atoms with van der Waals surface area (Å²) in [7, 11) is 0. The number of esters is 1. The lowest BCUT2D eigenvalue weighted by atomic mass is 10.2. The average Bonchev–Trinajstić information content (AvgIpc) is 3.12. The highest BCUT2D eigenvalue weighted by molar-refractivity contribution is 6.35. The van der Waals surface area contributed by atoms with Gasteiger partial charge in [-0.1, -0.05) is 23.2 Å². The molecule has 1 aromatic carbocycles. The molecule has 2 heterocycles. The maximum absolute atomic E-state index is 12.9. The molecule has 10 heteroatoms. The zero-order valence-electron chi connectivity index (χ0n) is 17.2. The number of benzene rings is 1. The number of rotatable bonds is 4. The van der Waals surface area contributed by atoms with Gasteiger partial charge in [0.25, 0.3) is 11.8 Å². The summed E-state index contributed by atoms with van der Waals surface area (Å²) in [5.74, 6) is -1.12. The van der Waals surface area contributed by atoms with E-state index in [2.05, 4.69) is 10.3 Å². The smallest absolute Gasteiger partial charge is 0.328 e. The van der Waals surface area contributed by atoms with Gasteiger partial charge in [0.2, 0.25) is 5.95 Å². The summed E-state index contributed by atoms with van der Waals surface area (Å²) in [4.78, 5) is 43.5. The van der Waals surface area contributed by atoms with E-state index in [9.17, 15) is 14.4 Å². The van der Waals surface area contributed by atoms with E-state index in [-0.39, 0.29) is 17.5 Å². The molecule has 1 aliphatic heterocycles. The van der Waals surface area contributed by atoms with Crippen LogP contribution in [-0.4, -0.2) is 39.0 Å². The Morgan fingerprint density at radius 3 is 2.37 bits per heavy atom. The van der Waals surface area contributed by atoms with Crippen LogP contribution in [0.4, 0.5) is 11.6 Å². The van der Waals surface area contributed by atoms with Crippen LogP contribution in [0.15, 0.2) is 24.4 Å². The monoisotopic (exact) mass is 452 g/mol. The molecule has 2 atom stereocenters. The minimum absolute atomic E-state index is 0.150. The summed E-state index contributed by atoms with van der Waals surface area (Å²) in [5.41, 5.74) is -0.0761. The number of fused-ring (bicyclic) bond motifs is 1. The van der Waals surface area contributed by atoms with E-state index in [1.165, 1.54) is 22.6 Å². The van der Waals surface area contributed by atoms with Crippen molar-refractivity contribution < 1.29 is 19.1 Å². The van der Waals surface area contributed by atoms with Crippen molar-refractivity contribution >= 4 is 52.6 Å². The van der Waals surface area contributed by atoms with Crippen LogP contribution in [0.25, 0.3) is 0 Å². The van der Waals surface area contributed by atoms with E-state index in [1.807, 2.05) is 0 Å². The number of ether oxygens (including phenoxy) is 1. The quantitative estimate of drug-likeness (QED) is 0.710. The van der Waals surface area contributed by atoms with Crippen LogP contribution in [0, 0.1) is 0 Å². The van der Waals surface area contributed by atoms with Gasteiger partial charge in [0.1, 0.15) is 23.4 Å². The fourth-order valence-electron chi connectivity index (χ4n) is 3.09. The zero-order valence-corrected chi connectivity index (χ0v) is 18.7. The van der Waals surface area contributed by atoms with E-state index >= 15 is 0 Å². The van der Waals surface area contributed by atoms with Crippen molar-refractivity contribution in [2.45, 2.75) is 52.3 Å². The van der Waals surface area contributed by atoms with Gasteiger partial charge in [-0.15, -0.1) is 0 Å². The highest BCUT2D eigenvalue weighted by Gasteiger charge is 2.40.